The first-order valence-electron chi connectivity index (χ1n) is 5.27. The largest absolute Gasteiger partial charge is 2.00 e. The van der Waals surface area contributed by atoms with Gasteiger partial charge in [-0.15, -0.1) is 0 Å². The van der Waals surface area contributed by atoms with E-state index in [1.54, 1.807) is 7.05 Å². The molecule has 6 nitrogen and oxygen atoms in total. The Morgan fingerprint density at radius 1 is 1.00 bits per heavy atom. The molecule has 0 atom stereocenters. The first-order valence-corrected chi connectivity index (χ1v) is 6.08. The fraction of sp³-hybridized carbons (Fsp3) is 0.0909. The standard InChI is InChI=1S/C11H14N6S2.Cu/c1-12-10(18)16-13-7-8-14-17-11(19)15-9-5-3-2-4-6-9;/h2-8H,1H3,(H2,12,16,18)(H2,15,17,19);/q;+2/p-2/b13-7+,14-8+;. The summed E-state index contributed by atoms with van der Waals surface area (Å²) in [5.74, 6) is 0. The molecule has 1 rings (SSSR count). The van der Waals surface area contributed by atoms with Crippen LogP contribution in [0.5, 0.6) is 0 Å². The molecule has 1 aromatic carbocycles. The average molecular weight is 356 g/mol. The van der Waals surface area contributed by atoms with Gasteiger partial charge in [-0.3, -0.25) is 0 Å². The quantitative estimate of drug-likeness (QED) is 0.279. The number of para-hydroxylation sites is 1. The van der Waals surface area contributed by atoms with Crippen LogP contribution in [0.2, 0.25) is 0 Å². The zero-order valence-electron chi connectivity index (χ0n) is 10.4. The van der Waals surface area contributed by atoms with E-state index in [1.165, 1.54) is 12.4 Å². The van der Waals surface area contributed by atoms with Crippen LogP contribution in [0.1, 0.15) is 0 Å². The monoisotopic (exact) mass is 355 g/mol. The molecule has 0 saturated carbocycles. The summed E-state index contributed by atoms with van der Waals surface area (Å²) in [7, 11) is 1.67. The van der Waals surface area contributed by atoms with Gasteiger partial charge in [-0.25, -0.2) is 0 Å². The summed E-state index contributed by atoms with van der Waals surface area (Å²) in [5, 5.41) is 20.9. The third kappa shape index (κ3) is 8.54. The molecule has 0 amide bonds. The van der Waals surface area contributed by atoms with Gasteiger partial charge in [-0.2, -0.15) is 20.4 Å². The molecule has 20 heavy (non-hydrogen) atoms. The Morgan fingerprint density at radius 3 is 2.10 bits per heavy atom. The molecule has 0 aliphatic rings. The van der Waals surface area contributed by atoms with E-state index in [-0.39, 0.29) is 22.2 Å². The van der Waals surface area contributed by atoms with Crippen LogP contribution in [0.25, 0.3) is 0 Å². The SMILES string of the molecule is CN/C([S-])=N/N=C/C=N/N=C(\[S-])Nc1ccccc1.[Cu+2]. The maximum Gasteiger partial charge on any atom is 2.00 e. The molecule has 9 heteroatoms. The Labute approximate surface area is 139 Å². The third-order valence-corrected chi connectivity index (χ3v) is 2.21. The molecular formula is C11H12CuN6S2. The van der Waals surface area contributed by atoms with Crippen molar-refractivity contribution < 1.29 is 17.1 Å². The maximum absolute atomic E-state index is 4.98. The van der Waals surface area contributed by atoms with Crippen LogP contribution in [-0.2, 0) is 42.3 Å². The number of hydrogen-bond acceptors (Lipinski definition) is 6. The van der Waals surface area contributed by atoms with E-state index < -0.39 is 0 Å². The second-order valence-corrected chi connectivity index (χ2v) is 3.85. The molecule has 2 N–H and O–H groups in total. The van der Waals surface area contributed by atoms with Crippen LogP contribution in [-0.4, -0.2) is 29.8 Å². The summed E-state index contributed by atoms with van der Waals surface area (Å²) < 4.78 is 0. The zero-order chi connectivity index (χ0) is 13.9. The Bertz CT molecular complexity index is 501. The van der Waals surface area contributed by atoms with Gasteiger partial charge in [0.05, 0.1) is 12.4 Å². The number of rotatable bonds is 4. The number of amidine groups is 2. The minimum atomic E-state index is 0. The minimum Gasteiger partial charge on any atom is -0.741 e. The molecule has 0 fully saturated rings. The second-order valence-electron chi connectivity index (χ2n) is 3.08. The van der Waals surface area contributed by atoms with Crippen molar-refractivity contribution in [2.75, 3.05) is 12.4 Å². The van der Waals surface area contributed by atoms with Crippen molar-refractivity contribution >= 4 is 53.7 Å². The van der Waals surface area contributed by atoms with Gasteiger partial charge in [0.1, 0.15) is 0 Å². The Morgan fingerprint density at radius 2 is 1.55 bits per heavy atom. The van der Waals surface area contributed by atoms with Gasteiger partial charge in [0.2, 0.25) is 0 Å². The molecule has 109 valence electrons. The van der Waals surface area contributed by atoms with Crippen molar-refractivity contribution in [1.82, 2.24) is 5.32 Å². The van der Waals surface area contributed by atoms with Crippen molar-refractivity contribution in [3.63, 3.8) is 0 Å². The zero-order valence-corrected chi connectivity index (χ0v) is 13.0. The van der Waals surface area contributed by atoms with Crippen molar-refractivity contribution in [1.29, 1.82) is 0 Å². The molecule has 0 saturated heterocycles. The van der Waals surface area contributed by atoms with E-state index >= 15 is 0 Å². The summed E-state index contributed by atoms with van der Waals surface area (Å²) in [6.07, 6.45) is 2.72. The first-order chi connectivity index (χ1) is 9.22. The summed E-state index contributed by atoms with van der Waals surface area (Å²) in [4.78, 5) is 0. The van der Waals surface area contributed by atoms with Crippen LogP contribution in [0, 0.1) is 0 Å². The number of hydrogen-bond donors (Lipinski definition) is 2. The Kier molecular flexibility index (Phi) is 10.4. The molecule has 0 heterocycles. The predicted octanol–water partition coefficient (Wildman–Crippen LogP) is 1.09. The van der Waals surface area contributed by atoms with Crippen molar-refractivity contribution in [3.8, 4) is 0 Å². The van der Waals surface area contributed by atoms with Crippen molar-refractivity contribution in [2.45, 2.75) is 0 Å². The summed E-state index contributed by atoms with van der Waals surface area (Å²) in [5.41, 5.74) is 0.856. The molecule has 0 aliphatic carbocycles. The van der Waals surface area contributed by atoms with Gasteiger partial charge in [0, 0.05) is 17.9 Å². The molecule has 0 aliphatic heterocycles. The molecule has 1 radical (unpaired) electrons. The van der Waals surface area contributed by atoms with E-state index in [2.05, 4.69) is 31.0 Å². The third-order valence-electron chi connectivity index (χ3n) is 1.74. The predicted molar refractivity (Wildman–Crippen MR) is 85.7 cm³/mol. The average Bonchev–Trinajstić information content (AvgIpc) is 2.43. The maximum atomic E-state index is 4.98. The summed E-state index contributed by atoms with van der Waals surface area (Å²) in [6, 6.07) is 9.47. The van der Waals surface area contributed by atoms with Crippen LogP contribution in [0.15, 0.2) is 50.7 Å². The van der Waals surface area contributed by atoms with Gasteiger partial charge in [0.15, 0.2) is 0 Å². The van der Waals surface area contributed by atoms with Crippen LogP contribution >= 0.6 is 0 Å². The van der Waals surface area contributed by atoms with Gasteiger partial charge < -0.3 is 35.9 Å². The molecule has 1 aromatic rings. The Balaban J connectivity index is 0.00000361. The molecule has 0 spiro atoms. The van der Waals surface area contributed by atoms with Crippen LogP contribution < -0.4 is 10.6 Å². The smallest absolute Gasteiger partial charge is 0.741 e. The molecule has 0 unspecified atom stereocenters. The molecular weight excluding hydrogens is 344 g/mol. The molecule has 0 bridgehead atoms. The second kappa shape index (κ2) is 11.3. The van der Waals surface area contributed by atoms with Crippen molar-refractivity contribution in [3.05, 3.63) is 30.3 Å². The van der Waals surface area contributed by atoms with Crippen LogP contribution in [0.4, 0.5) is 5.69 Å². The number of nitrogens with one attached hydrogen (secondary N) is 2. The van der Waals surface area contributed by atoms with Gasteiger partial charge in [-0.1, -0.05) is 18.2 Å². The summed E-state index contributed by atoms with van der Waals surface area (Å²) in [6.45, 7) is 0. The van der Waals surface area contributed by atoms with E-state index in [4.69, 9.17) is 25.3 Å². The number of anilines is 1. The van der Waals surface area contributed by atoms with E-state index in [0.29, 0.717) is 5.17 Å². The van der Waals surface area contributed by atoms with Crippen LogP contribution in [0.3, 0.4) is 0 Å². The number of nitrogens with zero attached hydrogens (tertiary/aromatic N) is 4. The van der Waals surface area contributed by atoms with Crippen molar-refractivity contribution in [2.24, 2.45) is 20.4 Å². The Hall–Kier alpha value is -1.54. The topological polar surface area (TPSA) is 73.5 Å². The fourth-order valence-electron chi connectivity index (χ4n) is 0.951. The minimum absolute atomic E-state index is 0. The van der Waals surface area contributed by atoms with E-state index in [1.807, 2.05) is 30.3 Å². The number of benzene rings is 1. The van der Waals surface area contributed by atoms with Gasteiger partial charge in [-0.05, 0) is 17.3 Å². The van der Waals surface area contributed by atoms with E-state index in [0.717, 1.165) is 5.69 Å². The molecule has 0 aromatic heterocycles. The summed E-state index contributed by atoms with van der Waals surface area (Å²) >= 11 is 9.74. The van der Waals surface area contributed by atoms with E-state index in [9.17, 15) is 0 Å². The fourth-order valence-corrected chi connectivity index (χ4v) is 1.16. The first kappa shape index (κ1) is 18.5. The van der Waals surface area contributed by atoms with Gasteiger partial charge >= 0.3 is 17.1 Å². The normalized spacial score (nSPS) is 12.4. The van der Waals surface area contributed by atoms with Gasteiger partial charge in [0.25, 0.3) is 0 Å².